The molecule has 0 saturated carbocycles. The van der Waals surface area contributed by atoms with Gasteiger partial charge in [-0.3, -0.25) is 9.89 Å². The van der Waals surface area contributed by atoms with Crippen molar-refractivity contribution in [2.45, 2.75) is 13.0 Å². The highest BCUT2D eigenvalue weighted by Gasteiger charge is 2.18. The Bertz CT molecular complexity index is 759. The third-order valence-corrected chi connectivity index (χ3v) is 3.17. The third kappa shape index (κ3) is 2.03. The second kappa shape index (κ2) is 4.76. The molecule has 0 radical (unpaired) electrons. The second-order valence-corrected chi connectivity index (χ2v) is 4.61. The van der Waals surface area contributed by atoms with E-state index in [1.54, 1.807) is 10.9 Å². The Kier molecular flexibility index (Phi) is 2.94. The average Bonchev–Trinajstić information content (AvgIpc) is 3.04. The van der Waals surface area contributed by atoms with Crippen LogP contribution in [0, 0.1) is 0 Å². The third-order valence-electron chi connectivity index (χ3n) is 3.17. The molecule has 2 aromatic heterocycles. The number of aromatic nitrogens is 5. The lowest BCUT2D eigenvalue weighted by molar-refractivity contribution is 0.0934. The van der Waals surface area contributed by atoms with E-state index in [-0.39, 0.29) is 11.9 Å². The molecule has 0 aliphatic heterocycles. The highest BCUT2D eigenvalue weighted by molar-refractivity contribution is 6.04. The van der Waals surface area contributed by atoms with Crippen molar-refractivity contribution in [2.24, 2.45) is 7.05 Å². The van der Waals surface area contributed by atoms with Crippen molar-refractivity contribution >= 4 is 16.8 Å². The molecule has 0 saturated heterocycles. The Morgan fingerprint density at radius 2 is 2.20 bits per heavy atom. The molecule has 2 heterocycles. The van der Waals surface area contributed by atoms with Gasteiger partial charge in [-0.25, -0.2) is 0 Å². The van der Waals surface area contributed by atoms with Gasteiger partial charge in [0, 0.05) is 12.4 Å². The summed E-state index contributed by atoms with van der Waals surface area (Å²) in [7, 11) is 1.84. The second-order valence-electron chi connectivity index (χ2n) is 4.61. The Morgan fingerprint density at radius 3 is 2.95 bits per heavy atom. The number of rotatable bonds is 3. The minimum atomic E-state index is -0.245. The van der Waals surface area contributed by atoms with Crippen molar-refractivity contribution in [2.75, 3.05) is 0 Å². The summed E-state index contributed by atoms with van der Waals surface area (Å²) in [5.74, 6) is 0.455. The predicted molar refractivity (Wildman–Crippen MR) is 73.0 cm³/mol. The summed E-state index contributed by atoms with van der Waals surface area (Å²) in [4.78, 5) is 12.3. The number of hydrogen-bond donors (Lipinski definition) is 2. The molecule has 2 N–H and O–H groups in total. The number of amides is 1. The minimum Gasteiger partial charge on any atom is -0.341 e. The lowest BCUT2D eigenvalue weighted by Gasteiger charge is -2.11. The Balaban J connectivity index is 1.85. The molecule has 0 spiro atoms. The highest BCUT2D eigenvalue weighted by atomic mass is 16.2. The summed E-state index contributed by atoms with van der Waals surface area (Å²) in [6.07, 6.45) is 1.60. The summed E-state index contributed by atoms with van der Waals surface area (Å²) in [6, 6.07) is 7.27. The number of benzene rings is 1. The molecule has 7 heteroatoms. The van der Waals surface area contributed by atoms with Gasteiger partial charge in [-0.2, -0.15) is 5.10 Å². The first kappa shape index (κ1) is 12.3. The summed E-state index contributed by atoms with van der Waals surface area (Å²) in [5.41, 5.74) is 1.22. The fraction of sp³-hybridized carbons (Fsp3) is 0.231. The number of para-hydroxylation sites is 1. The molecule has 1 atom stereocenters. The molecule has 0 aliphatic rings. The molecule has 1 unspecified atom stereocenters. The standard InChI is InChI=1S/C13H14N6O/c1-8(12-18-14-7-19(12)2)15-13(20)11-9-5-3-4-6-10(9)16-17-11/h3-8H,1-2H3,(H,15,20)(H,16,17). The van der Waals surface area contributed by atoms with Crippen molar-refractivity contribution < 1.29 is 4.79 Å². The highest BCUT2D eigenvalue weighted by Crippen LogP contribution is 2.16. The van der Waals surface area contributed by atoms with Crippen LogP contribution in [-0.2, 0) is 7.05 Å². The van der Waals surface area contributed by atoms with Gasteiger partial charge in [0.25, 0.3) is 5.91 Å². The van der Waals surface area contributed by atoms with E-state index >= 15 is 0 Å². The molecule has 7 nitrogen and oxygen atoms in total. The number of fused-ring (bicyclic) bond motifs is 1. The van der Waals surface area contributed by atoms with Crippen LogP contribution in [0.3, 0.4) is 0 Å². The monoisotopic (exact) mass is 270 g/mol. The fourth-order valence-electron chi connectivity index (χ4n) is 2.15. The van der Waals surface area contributed by atoms with E-state index in [0.29, 0.717) is 11.5 Å². The van der Waals surface area contributed by atoms with E-state index in [0.717, 1.165) is 10.9 Å². The largest absolute Gasteiger partial charge is 0.341 e. The van der Waals surface area contributed by atoms with E-state index in [9.17, 15) is 4.79 Å². The number of hydrogen-bond acceptors (Lipinski definition) is 4. The van der Waals surface area contributed by atoms with Crippen LogP contribution >= 0.6 is 0 Å². The van der Waals surface area contributed by atoms with Gasteiger partial charge in [0.05, 0.1) is 11.6 Å². The first-order chi connectivity index (χ1) is 9.66. The zero-order valence-electron chi connectivity index (χ0n) is 11.2. The van der Waals surface area contributed by atoms with Crippen LogP contribution in [0.2, 0.25) is 0 Å². The first-order valence-electron chi connectivity index (χ1n) is 6.24. The van der Waals surface area contributed by atoms with Gasteiger partial charge in [0.15, 0.2) is 11.5 Å². The molecule has 0 fully saturated rings. The van der Waals surface area contributed by atoms with E-state index in [1.807, 2.05) is 38.2 Å². The van der Waals surface area contributed by atoms with Crippen LogP contribution < -0.4 is 5.32 Å². The van der Waals surface area contributed by atoms with Crippen molar-refractivity contribution in [3.8, 4) is 0 Å². The number of aromatic amines is 1. The summed E-state index contributed by atoms with van der Waals surface area (Å²) in [5, 5.41) is 18.4. The topological polar surface area (TPSA) is 88.5 Å². The van der Waals surface area contributed by atoms with Crippen LogP contribution in [0.15, 0.2) is 30.6 Å². The van der Waals surface area contributed by atoms with E-state index in [4.69, 9.17) is 0 Å². The summed E-state index contributed by atoms with van der Waals surface area (Å²) < 4.78 is 1.77. The van der Waals surface area contributed by atoms with Gasteiger partial charge in [0.1, 0.15) is 6.33 Å². The minimum absolute atomic E-state index is 0.238. The number of nitrogens with one attached hydrogen (secondary N) is 2. The molecule has 102 valence electrons. The van der Waals surface area contributed by atoms with Gasteiger partial charge in [-0.15, -0.1) is 10.2 Å². The van der Waals surface area contributed by atoms with Crippen LogP contribution in [0.25, 0.3) is 10.9 Å². The van der Waals surface area contributed by atoms with Crippen LogP contribution in [0.4, 0.5) is 0 Å². The zero-order chi connectivity index (χ0) is 14.1. The van der Waals surface area contributed by atoms with Gasteiger partial charge in [-0.1, -0.05) is 18.2 Å². The first-order valence-corrected chi connectivity index (χ1v) is 6.24. The number of H-pyrrole nitrogens is 1. The van der Waals surface area contributed by atoms with Gasteiger partial charge in [-0.05, 0) is 13.0 Å². The fourth-order valence-corrected chi connectivity index (χ4v) is 2.15. The molecule has 3 aromatic rings. The lowest BCUT2D eigenvalue weighted by atomic mass is 10.2. The van der Waals surface area contributed by atoms with E-state index < -0.39 is 0 Å². The van der Waals surface area contributed by atoms with Gasteiger partial charge < -0.3 is 9.88 Å². The molecule has 20 heavy (non-hydrogen) atoms. The summed E-state index contributed by atoms with van der Waals surface area (Å²) in [6.45, 7) is 1.86. The molecular formula is C13H14N6O. The van der Waals surface area contributed by atoms with Crippen LogP contribution in [-0.4, -0.2) is 30.9 Å². The average molecular weight is 270 g/mol. The van der Waals surface area contributed by atoms with Crippen molar-refractivity contribution in [1.29, 1.82) is 0 Å². The molecule has 3 rings (SSSR count). The Labute approximate surface area is 115 Å². The SMILES string of the molecule is CC(NC(=O)c1n[nH]c2ccccc12)c1nncn1C. The zero-order valence-corrected chi connectivity index (χ0v) is 11.2. The van der Waals surface area contributed by atoms with Crippen molar-refractivity contribution in [3.05, 3.63) is 42.1 Å². The number of aryl methyl sites for hydroxylation is 1. The molecule has 1 amide bonds. The van der Waals surface area contributed by atoms with E-state index in [2.05, 4.69) is 25.7 Å². The maximum Gasteiger partial charge on any atom is 0.273 e. The molecule has 0 aliphatic carbocycles. The van der Waals surface area contributed by atoms with Crippen LogP contribution in [0.5, 0.6) is 0 Å². The smallest absolute Gasteiger partial charge is 0.273 e. The Morgan fingerprint density at radius 1 is 1.40 bits per heavy atom. The maximum atomic E-state index is 12.3. The number of nitrogens with zero attached hydrogens (tertiary/aromatic N) is 4. The normalized spacial score (nSPS) is 12.5. The van der Waals surface area contributed by atoms with Crippen molar-refractivity contribution in [3.63, 3.8) is 0 Å². The van der Waals surface area contributed by atoms with Gasteiger partial charge >= 0.3 is 0 Å². The maximum absolute atomic E-state index is 12.3. The van der Waals surface area contributed by atoms with Crippen molar-refractivity contribution in [1.82, 2.24) is 30.3 Å². The van der Waals surface area contributed by atoms with E-state index in [1.165, 1.54) is 0 Å². The number of carbonyl (C=O) groups is 1. The lowest BCUT2D eigenvalue weighted by Crippen LogP contribution is -2.28. The van der Waals surface area contributed by atoms with Gasteiger partial charge in [0.2, 0.25) is 0 Å². The number of carbonyl (C=O) groups excluding carboxylic acids is 1. The molecule has 1 aromatic carbocycles. The van der Waals surface area contributed by atoms with Crippen LogP contribution in [0.1, 0.15) is 29.3 Å². The Hall–Kier alpha value is -2.70. The molecular weight excluding hydrogens is 256 g/mol. The molecule has 0 bridgehead atoms. The summed E-state index contributed by atoms with van der Waals surface area (Å²) >= 11 is 0. The predicted octanol–water partition coefficient (Wildman–Crippen LogP) is 1.18. The quantitative estimate of drug-likeness (QED) is 0.748.